The molecule has 0 bridgehead atoms. The molecule has 0 amide bonds. The lowest BCUT2D eigenvalue weighted by Gasteiger charge is -2.29. The van der Waals surface area contributed by atoms with Gasteiger partial charge >= 0.3 is 19.0 Å². The normalized spacial score (nSPS) is 12.9. The molecule has 1 aromatic heterocycles. The zero-order valence-corrected chi connectivity index (χ0v) is 18.4. The van der Waals surface area contributed by atoms with Gasteiger partial charge < -0.3 is 19.5 Å². The molecule has 0 saturated heterocycles. The van der Waals surface area contributed by atoms with Crippen molar-refractivity contribution in [2.45, 2.75) is 31.6 Å². The maximum atomic E-state index is 14.4. The minimum Gasteiger partial charge on any atom is -0.457 e. The van der Waals surface area contributed by atoms with E-state index in [1.165, 1.54) is 30.3 Å². The van der Waals surface area contributed by atoms with Gasteiger partial charge in [-0.3, -0.25) is 0 Å². The first kappa shape index (κ1) is 27.9. The number of benzene rings is 2. The summed E-state index contributed by atoms with van der Waals surface area (Å²) in [5, 5.41) is 9.60. The van der Waals surface area contributed by atoms with Crippen molar-refractivity contribution >= 4 is 5.69 Å². The predicted molar refractivity (Wildman–Crippen MR) is 112 cm³/mol. The monoisotopic (exact) mass is 540 g/mol. The molecule has 200 valence electrons. The molecule has 1 N–H and O–H groups in total. The van der Waals surface area contributed by atoms with Crippen LogP contribution < -0.4 is 14.4 Å². The summed E-state index contributed by atoms with van der Waals surface area (Å²) in [5.41, 5.74) is -1.66. The van der Waals surface area contributed by atoms with E-state index in [-0.39, 0.29) is 28.8 Å². The van der Waals surface area contributed by atoms with E-state index in [0.29, 0.717) is 6.07 Å². The van der Waals surface area contributed by atoms with Crippen LogP contribution in [0.15, 0.2) is 60.8 Å². The van der Waals surface area contributed by atoms with Gasteiger partial charge in [0, 0.05) is 36.1 Å². The summed E-state index contributed by atoms with van der Waals surface area (Å²) in [5.74, 6) is -1.78. The first-order valence-electron chi connectivity index (χ1n) is 10.3. The van der Waals surface area contributed by atoms with E-state index in [0.717, 1.165) is 23.2 Å². The van der Waals surface area contributed by atoms with Gasteiger partial charge in [0.05, 0.1) is 12.1 Å². The molecule has 1 heterocycles. The van der Waals surface area contributed by atoms with Crippen LogP contribution in [-0.4, -0.2) is 35.5 Å². The van der Waals surface area contributed by atoms with Gasteiger partial charge in [-0.25, -0.2) is 9.37 Å². The quantitative estimate of drug-likeness (QED) is 0.312. The molecule has 0 radical (unpaired) electrons. The number of hydrogen-bond acceptors (Lipinski definition) is 5. The molecule has 0 saturated carbocycles. The summed E-state index contributed by atoms with van der Waals surface area (Å²) in [4.78, 5) is 4.47. The Morgan fingerprint density at radius 2 is 1.62 bits per heavy atom. The number of pyridine rings is 1. The smallest absolute Gasteiger partial charge is 0.416 e. The molecule has 0 aliphatic heterocycles. The van der Waals surface area contributed by atoms with Crippen LogP contribution in [0.25, 0.3) is 0 Å². The molecule has 0 unspecified atom stereocenters. The van der Waals surface area contributed by atoms with Crippen LogP contribution >= 0.6 is 0 Å². The van der Waals surface area contributed by atoms with Crippen molar-refractivity contribution < 1.29 is 54.1 Å². The molecule has 37 heavy (non-hydrogen) atoms. The summed E-state index contributed by atoms with van der Waals surface area (Å²) in [6, 6.07) is 9.12. The van der Waals surface area contributed by atoms with Crippen LogP contribution in [0.2, 0.25) is 0 Å². The summed E-state index contributed by atoms with van der Waals surface area (Å²) in [6.07, 6.45) is -11.6. The molecule has 0 fully saturated rings. The van der Waals surface area contributed by atoms with Crippen molar-refractivity contribution in [1.29, 1.82) is 0 Å². The summed E-state index contributed by atoms with van der Waals surface area (Å²) >= 11 is 0. The average molecular weight is 540 g/mol. The Morgan fingerprint density at radius 3 is 2.24 bits per heavy atom. The second-order valence-corrected chi connectivity index (χ2v) is 7.55. The number of halogens is 9. The Balaban J connectivity index is 1.90. The van der Waals surface area contributed by atoms with Crippen molar-refractivity contribution in [3.63, 3.8) is 0 Å². The van der Waals surface area contributed by atoms with Crippen molar-refractivity contribution in [1.82, 2.24) is 4.98 Å². The van der Waals surface area contributed by atoms with Crippen LogP contribution in [0.3, 0.4) is 0 Å². The second-order valence-electron chi connectivity index (χ2n) is 7.55. The average Bonchev–Trinajstić information content (AvgIpc) is 2.78. The molecule has 2 aromatic carbocycles. The maximum Gasteiger partial charge on any atom is 0.416 e. The highest BCUT2D eigenvalue weighted by Gasteiger charge is 2.39. The molecule has 0 aliphatic carbocycles. The van der Waals surface area contributed by atoms with Gasteiger partial charge in [0.25, 0.3) is 0 Å². The molecule has 5 nitrogen and oxygen atoms in total. The fraction of sp³-hybridized carbons (Fsp3) is 0.261. The van der Waals surface area contributed by atoms with Crippen LogP contribution in [0.4, 0.5) is 45.2 Å². The minimum atomic E-state index is -5.04. The Hall–Kier alpha value is -3.68. The van der Waals surface area contributed by atoms with Crippen LogP contribution in [-0.2, 0) is 12.7 Å². The summed E-state index contributed by atoms with van der Waals surface area (Å²) in [6.45, 7) is -4.87. The molecule has 3 rings (SSSR count). The third kappa shape index (κ3) is 7.90. The third-order valence-electron chi connectivity index (χ3n) is 4.85. The van der Waals surface area contributed by atoms with Gasteiger partial charge in [0.1, 0.15) is 17.3 Å². The van der Waals surface area contributed by atoms with Crippen molar-refractivity contribution in [3.8, 4) is 17.4 Å². The fourth-order valence-electron chi connectivity index (χ4n) is 3.12. The zero-order chi connectivity index (χ0) is 27.4. The largest absolute Gasteiger partial charge is 0.457 e. The highest BCUT2D eigenvalue weighted by Crippen LogP contribution is 2.33. The van der Waals surface area contributed by atoms with Crippen molar-refractivity contribution in [3.05, 3.63) is 77.7 Å². The van der Waals surface area contributed by atoms with Gasteiger partial charge in [-0.15, -0.1) is 0 Å². The number of alkyl halides is 8. The first-order chi connectivity index (χ1) is 17.2. The van der Waals surface area contributed by atoms with E-state index in [2.05, 4.69) is 9.72 Å². The molecular weight excluding hydrogens is 523 g/mol. The Bertz CT molecular complexity index is 1200. The number of aliphatic hydroxyl groups excluding tert-OH is 1. The lowest BCUT2D eigenvalue weighted by atomic mass is 10.1. The summed E-state index contributed by atoms with van der Waals surface area (Å²) in [7, 11) is 0. The molecule has 0 aliphatic rings. The van der Waals surface area contributed by atoms with Gasteiger partial charge in [-0.1, -0.05) is 12.1 Å². The number of anilines is 1. The van der Waals surface area contributed by atoms with Gasteiger partial charge in [0.15, 0.2) is 6.10 Å². The van der Waals surface area contributed by atoms with E-state index in [9.17, 15) is 44.6 Å². The molecule has 0 spiro atoms. The van der Waals surface area contributed by atoms with E-state index in [1.807, 2.05) is 0 Å². The number of rotatable bonds is 9. The van der Waals surface area contributed by atoms with Gasteiger partial charge in [-0.2, -0.15) is 35.1 Å². The van der Waals surface area contributed by atoms with E-state index in [1.54, 1.807) is 0 Å². The van der Waals surface area contributed by atoms with Crippen LogP contribution in [0.5, 0.6) is 17.4 Å². The number of ether oxygens (including phenoxy) is 2. The Morgan fingerprint density at radius 1 is 0.919 bits per heavy atom. The van der Waals surface area contributed by atoms with Gasteiger partial charge in [0.2, 0.25) is 5.88 Å². The minimum absolute atomic E-state index is 0.00564. The number of aromatic nitrogens is 1. The second kappa shape index (κ2) is 11.2. The molecular formula is C23H17F9N2O3. The zero-order valence-electron chi connectivity index (χ0n) is 18.4. The SMILES string of the molecule is O[C@H](CN(Cc1ccc(C(F)(F)F)cc1F)c1cccc(Oc2ccnc(OC(F)F)c2)c1)C(F)(F)F. The Kier molecular flexibility index (Phi) is 8.41. The standard InChI is InChI=1S/C23H17F9N2O3/c24-18-8-14(22(27,28)29)5-4-13(18)11-34(12-19(35)23(30,31)32)15-2-1-3-16(9-15)36-17-6-7-33-20(10-17)37-21(25)26/h1-10,19,21,35H,11-12H2/t19-/m1/s1. The number of nitrogens with zero attached hydrogens (tertiary/aromatic N) is 2. The molecule has 14 heteroatoms. The number of hydrogen-bond donors (Lipinski definition) is 1. The fourth-order valence-corrected chi connectivity index (χ4v) is 3.12. The van der Waals surface area contributed by atoms with Gasteiger partial charge in [-0.05, 0) is 30.3 Å². The van der Waals surface area contributed by atoms with E-state index >= 15 is 0 Å². The first-order valence-corrected chi connectivity index (χ1v) is 10.3. The third-order valence-corrected chi connectivity index (χ3v) is 4.85. The maximum absolute atomic E-state index is 14.4. The van der Waals surface area contributed by atoms with Crippen molar-refractivity contribution in [2.24, 2.45) is 0 Å². The molecule has 1 atom stereocenters. The van der Waals surface area contributed by atoms with E-state index < -0.39 is 55.4 Å². The lowest BCUT2D eigenvalue weighted by Crippen LogP contribution is -2.41. The molecule has 3 aromatic rings. The van der Waals surface area contributed by atoms with Crippen LogP contribution in [0.1, 0.15) is 11.1 Å². The number of aliphatic hydroxyl groups is 1. The van der Waals surface area contributed by atoms with Crippen LogP contribution in [0, 0.1) is 5.82 Å². The topological polar surface area (TPSA) is 54.8 Å². The van der Waals surface area contributed by atoms with E-state index in [4.69, 9.17) is 4.74 Å². The summed E-state index contributed by atoms with van der Waals surface area (Å²) < 4.78 is 127. The highest BCUT2D eigenvalue weighted by atomic mass is 19.4. The highest BCUT2D eigenvalue weighted by molar-refractivity contribution is 5.52. The Labute approximate surface area is 203 Å². The lowest BCUT2D eigenvalue weighted by molar-refractivity contribution is -0.200. The van der Waals surface area contributed by atoms with Crippen molar-refractivity contribution in [2.75, 3.05) is 11.4 Å². The predicted octanol–water partition coefficient (Wildman–Crippen LogP) is 6.56.